The molecule has 0 aliphatic carbocycles. The van der Waals surface area contributed by atoms with E-state index in [4.69, 9.17) is 4.74 Å². The summed E-state index contributed by atoms with van der Waals surface area (Å²) in [5, 5.41) is 9.40. The zero-order valence-electron chi connectivity index (χ0n) is 10.2. The summed E-state index contributed by atoms with van der Waals surface area (Å²) in [6.07, 6.45) is 0.319. The number of phenolic OH excluding ortho intramolecular Hbond substituents is 1. The molecule has 0 saturated carbocycles. The number of carbonyl (C=O) groups excluding carboxylic acids is 1. The number of carbonyl (C=O) groups is 1. The number of hydrogen-bond acceptors (Lipinski definition) is 3. The third-order valence-electron chi connectivity index (χ3n) is 2.29. The molecule has 3 heteroatoms. The highest BCUT2D eigenvalue weighted by molar-refractivity contribution is 5.72. The molecule has 88 valence electrons. The molecule has 0 unspecified atom stereocenters. The van der Waals surface area contributed by atoms with Crippen molar-refractivity contribution in [2.75, 3.05) is 0 Å². The molecule has 0 fully saturated rings. The Labute approximate surface area is 96.1 Å². The van der Waals surface area contributed by atoms with Crippen molar-refractivity contribution in [3.05, 3.63) is 23.8 Å². The summed E-state index contributed by atoms with van der Waals surface area (Å²) >= 11 is 0. The molecule has 0 atom stereocenters. The minimum absolute atomic E-state index is 0.104. The number of esters is 1. The Morgan fingerprint density at radius 1 is 1.38 bits per heavy atom. The highest BCUT2D eigenvalue weighted by Gasteiger charge is 2.20. The average Bonchev–Trinajstić information content (AvgIpc) is 2.15. The Morgan fingerprint density at radius 3 is 2.50 bits per heavy atom. The van der Waals surface area contributed by atoms with Gasteiger partial charge in [-0.2, -0.15) is 0 Å². The maximum Gasteiger partial charge on any atom is 0.310 e. The highest BCUT2D eigenvalue weighted by atomic mass is 16.5. The molecule has 1 aromatic rings. The second-order valence-electron chi connectivity index (χ2n) is 4.76. The minimum Gasteiger partial charge on any atom is -0.508 e. The van der Waals surface area contributed by atoms with E-state index in [2.05, 4.69) is 0 Å². The van der Waals surface area contributed by atoms with Gasteiger partial charge in [0.05, 0.1) is 0 Å². The van der Waals surface area contributed by atoms with Crippen molar-refractivity contribution >= 4 is 5.97 Å². The first kappa shape index (κ1) is 12.6. The molecule has 0 saturated heterocycles. The van der Waals surface area contributed by atoms with Crippen molar-refractivity contribution in [1.82, 2.24) is 0 Å². The molecule has 1 rings (SSSR count). The van der Waals surface area contributed by atoms with Gasteiger partial charge in [0, 0.05) is 18.1 Å². The molecule has 3 nitrogen and oxygen atoms in total. The number of phenols is 1. The van der Waals surface area contributed by atoms with Gasteiger partial charge >= 0.3 is 5.97 Å². The standard InChI is InChI=1S/C13H18O3/c1-5-12(15)16-11-8-9(14)6-7-10(11)13(2,3)4/h6-8,14H,5H2,1-4H3. The van der Waals surface area contributed by atoms with Gasteiger partial charge in [0.2, 0.25) is 0 Å². The van der Waals surface area contributed by atoms with E-state index in [9.17, 15) is 9.90 Å². The minimum atomic E-state index is -0.295. The number of rotatable bonds is 2. The van der Waals surface area contributed by atoms with E-state index in [0.29, 0.717) is 12.2 Å². The summed E-state index contributed by atoms with van der Waals surface area (Å²) in [6.45, 7) is 7.83. The zero-order chi connectivity index (χ0) is 12.3. The number of benzene rings is 1. The maximum absolute atomic E-state index is 11.3. The summed E-state index contributed by atoms with van der Waals surface area (Å²) in [5.74, 6) is 0.252. The van der Waals surface area contributed by atoms with Crippen molar-refractivity contribution in [2.24, 2.45) is 0 Å². The van der Waals surface area contributed by atoms with E-state index in [0.717, 1.165) is 5.56 Å². The Kier molecular flexibility index (Phi) is 3.58. The van der Waals surface area contributed by atoms with Crippen molar-refractivity contribution in [2.45, 2.75) is 39.5 Å². The maximum atomic E-state index is 11.3. The topological polar surface area (TPSA) is 46.5 Å². The molecule has 0 aliphatic heterocycles. The second kappa shape index (κ2) is 4.56. The molecule has 0 aliphatic rings. The number of ether oxygens (including phenoxy) is 1. The van der Waals surface area contributed by atoms with E-state index in [1.165, 1.54) is 6.07 Å². The fourth-order valence-corrected chi connectivity index (χ4v) is 1.41. The lowest BCUT2D eigenvalue weighted by Crippen LogP contribution is -2.15. The third kappa shape index (κ3) is 2.99. The second-order valence-corrected chi connectivity index (χ2v) is 4.76. The average molecular weight is 222 g/mol. The summed E-state index contributed by atoms with van der Waals surface area (Å²) in [6, 6.07) is 4.87. The fourth-order valence-electron chi connectivity index (χ4n) is 1.41. The van der Waals surface area contributed by atoms with Crippen molar-refractivity contribution in [3.8, 4) is 11.5 Å². The van der Waals surface area contributed by atoms with Crippen molar-refractivity contribution < 1.29 is 14.6 Å². The molecule has 1 N–H and O–H groups in total. The van der Waals surface area contributed by atoms with Crippen LogP contribution in [0, 0.1) is 0 Å². The summed E-state index contributed by atoms with van der Waals surface area (Å²) < 4.78 is 5.20. The van der Waals surface area contributed by atoms with Gasteiger partial charge in [-0.15, -0.1) is 0 Å². The third-order valence-corrected chi connectivity index (χ3v) is 2.29. The Morgan fingerprint density at radius 2 is 2.00 bits per heavy atom. The molecule has 0 bridgehead atoms. The predicted molar refractivity (Wildman–Crippen MR) is 62.7 cm³/mol. The summed E-state index contributed by atoms with van der Waals surface area (Å²) in [5.41, 5.74) is 0.781. The van der Waals surface area contributed by atoms with Gasteiger partial charge in [-0.3, -0.25) is 4.79 Å². The van der Waals surface area contributed by atoms with Gasteiger partial charge in [-0.1, -0.05) is 33.8 Å². The highest BCUT2D eigenvalue weighted by Crippen LogP contribution is 2.33. The zero-order valence-corrected chi connectivity index (χ0v) is 10.2. The monoisotopic (exact) mass is 222 g/mol. The SMILES string of the molecule is CCC(=O)Oc1cc(O)ccc1C(C)(C)C. The van der Waals surface area contributed by atoms with Gasteiger partial charge in [-0.25, -0.2) is 0 Å². The molecule has 0 aromatic heterocycles. The number of aromatic hydroxyl groups is 1. The Hall–Kier alpha value is -1.51. The van der Waals surface area contributed by atoms with Gasteiger partial charge < -0.3 is 9.84 Å². The molecule has 1 aromatic carbocycles. The van der Waals surface area contributed by atoms with Crippen LogP contribution in [-0.4, -0.2) is 11.1 Å². The van der Waals surface area contributed by atoms with Crippen LogP contribution >= 0.6 is 0 Å². The first-order valence-corrected chi connectivity index (χ1v) is 5.38. The van der Waals surface area contributed by atoms with Crippen LogP contribution in [-0.2, 0) is 10.2 Å². The van der Waals surface area contributed by atoms with Crippen molar-refractivity contribution in [3.63, 3.8) is 0 Å². The van der Waals surface area contributed by atoms with Gasteiger partial charge in [-0.05, 0) is 11.5 Å². The van der Waals surface area contributed by atoms with E-state index < -0.39 is 0 Å². The Bertz CT molecular complexity index is 389. The predicted octanol–water partition coefficient (Wildman–Crippen LogP) is 3.01. The van der Waals surface area contributed by atoms with Crippen LogP contribution < -0.4 is 4.74 Å². The van der Waals surface area contributed by atoms with Crippen LogP contribution in [0.3, 0.4) is 0 Å². The lowest BCUT2D eigenvalue weighted by Gasteiger charge is -2.22. The molecule has 16 heavy (non-hydrogen) atoms. The largest absolute Gasteiger partial charge is 0.508 e. The normalized spacial score (nSPS) is 11.2. The van der Waals surface area contributed by atoms with Crippen LogP contribution in [0.5, 0.6) is 11.5 Å². The lowest BCUT2D eigenvalue weighted by atomic mass is 9.86. The van der Waals surface area contributed by atoms with Crippen LogP contribution in [0.25, 0.3) is 0 Å². The van der Waals surface area contributed by atoms with Crippen molar-refractivity contribution in [1.29, 1.82) is 0 Å². The Balaban J connectivity index is 3.13. The van der Waals surface area contributed by atoms with Crippen LogP contribution in [0.15, 0.2) is 18.2 Å². The number of hydrogen-bond donors (Lipinski definition) is 1. The quantitative estimate of drug-likeness (QED) is 0.618. The first-order chi connectivity index (χ1) is 7.34. The molecule has 0 spiro atoms. The lowest BCUT2D eigenvalue weighted by molar-refractivity contribution is -0.134. The van der Waals surface area contributed by atoms with Crippen LogP contribution in [0.2, 0.25) is 0 Å². The molecular weight excluding hydrogens is 204 g/mol. The molecule has 0 amide bonds. The smallest absolute Gasteiger partial charge is 0.310 e. The molecule has 0 radical (unpaired) electrons. The van der Waals surface area contributed by atoms with E-state index in [1.807, 2.05) is 20.8 Å². The van der Waals surface area contributed by atoms with Crippen LogP contribution in [0.4, 0.5) is 0 Å². The first-order valence-electron chi connectivity index (χ1n) is 5.38. The van der Waals surface area contributed by atoms with Gasteiger partial charge in [0.15, 0.2) is 0 Å². The summed E-state index contributed by atoms with van der Waals surface area (Å²) in [4.78, 5) is 11.3. The summed E-state index contributed by atoms with van der Waals surface area (Å²) in [7, 11) is 0. The molecular formula is C13H18O3. The molecule has 0 heterocycles. The van der Waals surface area contributed by atoms with E-state index in [1.54, 1.807) is 19.1 Å². The van der Waals surface area contributed by atoms with E-state index >= 15 is 0 Å². The fraction of sp³-hybridized carbons (Fsp3) is 0.462. The van der Waals surface area contributed by atoms with Gasteiger partial charge in [0.25, 0.3) is 0 Å². The van der Waals surface area contributed by atoms with Crippen LogP contribution in [0.1, 0.15) is 39.7 Å². The van der Waals surface area contributed by atoms with E-state index in [-0.39, 0.29) is 17.1 Å². The van der Waals surface area contributed by atoms with Gasteiger partial charge in [0.1, 0.15) is 11.5 Å².